The predicted molar refractivity (Wildman–Crippen MR) is 440 cm³/mol. The third-order valence-corrected chi connectivity index (χ3v) is 22.2. The Morgan fingerprint density at radius 1 is 0.316 bits per heavy atom. The Kier molecular flexibility index (Phi) is 31.9. The number of hydrogen-bond donors (Lipinski definition) is 0. The number of hydrogen-bond acceptors (Lipinski definition) is 17. The average Bonchev–Trinajstić information content (AvgIpc) is 0.746. The van der Waals surface area contributed by atoms with E-state index in [-0.39, 0.29) is 110 Å². The molecular weight excluding hydrogens is 1860 g/mol. The minimum absolute atomic E-state index is 0. The van der Waals surface area contributed by atoms with Gasteiger partial charge in [0, 0.05) is 16.9 Å². The molecule has 0 saturated heterocycles. The molecule has 15 rings (SSSR count). The first-order chi connectivity index (χ1) is 62.4. The third-order valence-electron chi connectivity index (χ3n) is 19.6. The summed E-state index contributed by atoms with van der Waals surface area (Å²) in [5.74, 6) is -36.4. The molecule has 0 N–H and O–H groups in total. The number of methoxy groups -OCH3 is 2. The number of sulfone groups is 1. The number of rotatable bonds is 23. The molecule has 0 saturated carbocycles. The molecule has 15 aromatic carbocycles. The molecule has 0 spiro atoms. The van der Waals surface area contributed by atoms with Crippen LogP contribution in [-0.4, -0.2) is 48.2 Å². The zero-order chi connectivity index (χ0) is 94.4. The maximum atomic E-state index is 15.1. The van der Waals surface area contributed by atoms with Crippen LogP contribution in [0.2, 0.25) is 0 Å². The fourth-order valence-electron chi connectivity index (χ4n) is 12.9. The van der Waals surface area contributed by atoms with Crippen LogP contribution in [0.1, 0.15) is 16.7 Å². The van der Waals surface area contributed by atoms with E-state index in [2.05, 4.69) is 12.1 Å². The molecule has 0 atom stereocenters. The molecule has 666 valence electrons. The zero-order valence-corrected chi connectivity index (χ0v) is 75.4. The average molecular weight is 1910 g/mol. The fourth-order valence-corrected chi connectivity index (χ4v) is 14.8. The first-order valence-electron chi connectivity index (χ1n) is 37.4. The molecule has 0 fully saturated rings. The van der Waals surface area contributed by atoms with E-state index in [9.17, 15) is 61.8 Å². The minimum atomic E-state index is -5.24. The van der Waals surface area contributed by atoms with Crippen LogP contribution in [0.25, 0.3) is 66.8 Å². The minimum Gasteiger partial charge on any atom is -0.744 e. The first kappa shape index (κ1) is 100. The molecule has 0 aromatic heterocycles. The van der Waals surface area contributed by atoms with E-state index in [4.69, 9.17) is 50.5 Å². The van der Waals surface area contributed by atoms with Crippen molar-refractivity contribution in [3.8, 4) is 153 Å². The van der Waals surface area contributed by atoms with E-state index < -0.39 is 184 Å². The van der Waals surface area contributed by atoms with Crippen LogP contribution in [0, 0.1) is 124 Å². The van der Waals surface area contributed by atoms with Gasteiger partial charge in [0.1, 0.15) is 85.0 Å². The van der Waals surface area contributed by atoms with Gasteiger partial charge in [-0.1, -0.05) is 103 Å². The Morgan fingerprint density at radius 2 is 0.564 bits per heavy atom. The Labute approximate surface area is 791 Å². The quantitative estimate of drug-likeness (QED) is 0.0190. The molecule has 0 aliphatic rings. The Hall–Kier alpha value is -13.5. The molecule has 0 amide bonds. The number of benzene rings is 15. The van der Waals surface area contributed by atoms with Crippen molar-refractivity contribution in [2.75, 3.05) is 14.2 Å². The monoisotopic (exact) mass is 1910 g/mol. The zero-order valence-electron chi connectivity index (χ0n) is 68.9. The fraction of sp³-hybridized carbons (Fsp3) is 0.0421. The van der Waals surface area contributed by atoms with Gasteiger partial charge in [-0.2, -0.15) is 35.0 Å². The predicted octanol–water partition coefficient (Wildman–Crippen LogP) is 19.4. The number of halogens is 16. The molecular formula is C95H53F16NNa2O16S3. The van der Waals surface area contributed by atoms with Gasteiger partial charge in [-0.15, -0.1) is 24.8 Å². The van der Waals surface area contributed by atoms with Crippen LogP contribution in [0.4, 0.5) is 70.2 Å². The van der Waals surface area contributed by atoms with E-state index in [0.717, 1.165) is 46.2 Å². The van der Waals surface area contributed by atoms with Crippen molar-refractivity contribution in [3.63, 3.8) is 0 Å². The summed E-state index contributed by atoms with van der Waals surface area (Å²) in [5.41, 5.74) is -4.26. The van der Waals surface area contributed by atoms with Crippen LogP contribution in [0.3, 0.4) is 0 Å². The van der Waals surface area contributed by atoms with Crippen molar-refractivity contribution in [1.82, 2.24) is 0 Å². The molecule has 0 heterocycles. The Balaban J connectivity index is 0.000000246. The van der Waals surface area contributed by atoms with Crippen molar-refractivity contribution < 1.29 is 201 Å². The van der Waals surface area contributed by atoms with Gasteiger partial charge in [0.15, 0.2) is 79.6 Å². The van der Waals surface area contributed by atoms with Crippen molar-refractivity contribution in [2.45, 2.75) is 28.5 Å². The molecule has 17 nitrogen and oxygen atoms in total. The Bertz CT molecular complexity index is 7240. The second kappa shape index (κ2) is 42.4. The van der Waals surface area contributed by atoms with Crippen LogP contribution < -0.4 is 97.0 Å². The normalized spacial score (nSPS) is 11.0. The summed E-state index contributed by atoms with van der Waals surface area (Å²) in [6, 6.07) is 68.3. The number of ether oxygens (including phenoxy) is 8. The topological polar surface area (TPSA) is 240 Å². The SMILES string of the molecule is COc1ccc(-c2ccc(Oc3ccc(S(=O)(=O)c4c[c-]c(Oc5ccc(-c6ccc(Oc7c(F)c(F)c(-c8c(F)c(F)c(C)c(F)c8F)c(F)c7F)cc6)cc5)cc4)cc3S(=O)(=O)[O-])cc2)cc1.COc1ccc(-c2ccc(Oc3cccc(Oc4ccc(-c5ccc(Oc6c(F)c(F)c(-c7c(F)c(F)c(C)c(F)c7F)c(F)c6F)cc5)cc4)c3C#N)cc2)cc1.O=S(=O)=O.[Na+].[Na+]. The van der Waals surface area contributed by atoms with Crippen molar-refractivity contribution in [1.29, 1.82) is 5.26 Å². The van der Waals surface area contributed by atoms with Gasteiger partial charge in [-0.3, -0.25) is 0 Å². The van der Waals surface area contributed by atoms with Gasteiger partial charge in [0.2, 0.25) is 34.8 Å². The van der Waals surface area contributed by atoms with Gasteiger partial charge < -0.3 is 42.4 Å². The summed E-state index contributed by atoms with van der Waals surface area (Å²) in [5, 5.41) is 10.0. The molecule has 0 radical (unpaired) electrons. The van der Waals surface area contributed by atoms with Crippen LogP contribution in [0.15, 0.2) is 263 Å². The van der Waals surface area contributed by atoms with E-state index in [1.54, 1.807) is 117 Å². The van der Waals surface area contributed by atoms with Crippen LogP contribution >= 0.6 is 0 Å². The van der Waals surface area contributed by atoms with E-state index in [1.807, 2.05) is 48.5 Å². The van der Waals surface area contributed by atoms with Gasteiger partial charge in [-0.25, -0.2) is 69.5 Å². The van der Waals surface area contributed by atoms with Crippen molar-refractivity contribution >= 4 is 30.6 Å². The van der Waals surface area contributed by atoms with Gasteiger partial charge >= 0.3 is 69.7 Å². The standard InChI is InChI=1S/C50H29F8O9S2.C45H25F8NO4.2Na.O3S/c1-26-42(51)44(53)40(45(54)43(26)52)41-46(55)48(57)50(49(58)47(41)56)67-35-17-9-30(10-18-35)28-5-13-32(14-6-28)65-33-19-21-36(22-20-33)68(59,60)37-23-24-38(39(25-37)69(61,62)63)66-34-15-7-29(8-16-34)27-3-11-31(64-2)12-4-27;1-23-37(46)39(48)35(40(49)38(23)47)36-41(50)43(52)45(44(53)42(36)51)58-31-20-12-27(13-21-31)26-10-18-30(19-11-26)57-34-5-3-4-33(32(34)22-54)56-29-16-8-25(9-17-29)24-6-14-28(55-2)15-7-24;;;1-4(2)3/h3-19,21-25H,1-2H3,(H,61,62,63);3-21H,1-2H3;;;/q-1;;2*+1;/p-1. The number of nitriles is 1. The largest absolute Gasteiger partial charge is 1.00 e. The molecule has 0 aliphatic heterocycles. The molecule has 0 unspecified atom stereocenters. The summed E-state index contributed by atoms with van der Waals surface area (Å²) < 4.78 is 368. The number of nitrogens with zero attached hydrogens (tertiary/aromatic N) is 1. The van der Waals surface area contributed by atoms with Crippen LogP contribution in [-0.2, 0) is 30.6 Å². The van der Waals surface area contributed by atoms with Gasteiger partial charge in [0.05, 0.1) is 46.3 Å². The summed E-state index contributed by atoms with van der Waals surface area (Å²) in [6.07, 6.45) is 0. The van der Waals surface area contributed by atoms with Crippen molar-refractivity contribution in [2.24, 2.45) is 0 Å². The summed E-state index contributed by atoms with van der Waals surface area (Å²) in [6.45, 7) is 1.30. The molecule has 0 aliphatic carbocycles. The second-order valence-electron chi connectivity index (χ2n) is 27.5. The maximum absolute atomic E-state index is 15.1. The smallest absolute Gasteiger partial charge is 0.744 e. The van der Waals surface area contributed by atoms with Crippen molar-refractivity contribution in [3.05, 3.63) is 365 Å². The summed E-state index contributed by atoms with van der Waals surface area (Å²) in [4.78, 5) is -1.73. The van der Waals surface area contributed by atoms with E-state index in [0.29, 0.717) is 59.4 Å². The molecule has 15 aromatic rings. The first-order valence-corrected chi connectivity index (χ1v) is 41.3. The van der Waals surface area contributed by atoms with Crippen LogP contribution in [0.5, 0.6) is 80.5 Å². The maximum Gasteiger partial charge on any atom is 1.00 e. The van der Waals surface area contributed by atoms with E-state index in [1.165, 1.54) is 72.8 Å². The molecule has 38 heteroatoms. The molecule has 133 heavy (non-hydrogen) atoms. The third kappa shape index (κ3) is 21.8. The van der Waals surface area contributed by atoms with E-state index >= 15 is 35.1 Å². The summed E-state index contributed by atoms with van der Waals surface area (Å²) >= 11 is 0. The molecule has 0 bridgehead atoms. The second-order valence-corrected chi connectivity index (χ2v) is 31.3. The summed E-state index contributed by atoms with van der Waals surface area (Å²) in [7, 11) is -9.61. The van der Waals surface area contributed by atoms with Gasteiger partial charge in [0.25, 0.3) is 0 Å². The Morgan fingerprint density at radius 3 is 0.820 bits per heavy atom. The van der Waals surface area contributed by atoms with Gasteiger partial charge in [-0.05, 0) is 191 Å².